The molecule has 2 N–H and O–H groups in total. The van der Waals surface area contributed by atoms with Gasteiger partial charge in [-0.15, -0.1) is 0 Å². The lowest BCUT2D eigenvalue weighted by Gasteiger charge is -1.94. The number of nitrogens with zero attached hydrogens (tertiary/aromatic N) is 1. The Hall–Kier alpha value is -2.55. The summed E-state index contributed by atoms with van der Waals surface area (Å²) in [4.78, 5) is 3.43. The molecule has 2 aromatic carbocycles. The van der Waals surface area contributed by atoms with Crippen LogP contribution in [0.15, 0.2) is 54.6 Å². The third-order valence-electron chi connectivity index (χ3n) is 3.27. The highest BCUT2D eigenvalue weighted by molar-refractivity contribution is 6.09. The van der Waals surface area contributed by atoms with E-state index in [0.29, 0.717) is 0 Å². The van der Waals surface area contributed by atoms with Gasteiger partial charge >= 0.3 is 0 Å². The maximum Gasteiger partial charge on any atom is 0.116 e. The Morgan fingerprint density at radius 1 is 0.778 bits per heavy atom. The number of rotatable bonds is 1. The molecule has 3 nitrogen and oxygen atoms in total. The molecule has 0 aliphatic heterocycles. The molecule has 0 aliphatic carbocycles. The molecule has 0 radical (unpaired) electrons. The molecule has 3 heteroatoms. The zero-order chi connectivity index (χ0) is 11.9. The van der Waals surface area contributed by atoms with Crippen molar-refractivity contribution < 1.29 is 0 Å². The number of aromatic amines is 2. The number of H-pyrrole nitrogens is 2. The van der Waals surface area contributed by atoms with Gasteiger partial charge in [-0.2, -0.15) is 5.10 Å². The van der Waals surface area contributed by atoms with Gasteiger partial charge in [0.25, 0.3) is 0 Å². The lowest BCUT2D eigenvalue weighted by atomic mass is 10.1. The summed E-state index contributed by atoms with van der Waals surface area (Å²) in [7, 11) is 0. The minimum absolute atomic E-state index is 0.974. The van der Waals surface area contributed by atoms with Crippen molar-refractivity contribution in [3.8, 4) is 11.3 Å². The van der Waals surface area contributed by atoms with Crippen LogP contribution in [0.5, 0.6) is 0 Å². The highest BCUT2D eigenvalue weighted by Gasteiger charge is 2.12. The molecule has 0 saturated carbocycles. The number of benzene rings is 2. The maximum atomic E-state index is 4.42. The number of nitrogens with one attached hydrogen (secondary N) is 2. The number of hydrogen-bond acceptors (Lipinski definition) is 1. The Bertz CT molecular complexity index is 825. The Morgan fingerprint density at radius 3 is 2.44 bits per heavy atom. The second kappa shape index (κ2) is 3.47. The molecule has 0 unspecified atom stereocenters. The molecular formula is C15H11N3. The SMILES string of the molecule is c1ccc(-c2n[nH]c3c2[nH]c2ccccc23)cc1. The van der Waals surface area contributed by atoms with Crippen LogP contribution >= 0.6 is 0 Å². The van der Waals surface area contributed by atoms with Crippen molar-refractivity contribution in [2.75, 3.05) is 0 Å². The number of fused-ring (bicyclic) bond motifs is 3. The molecular weight excluding hydrogens is 222 g/mol. The largest absolute Gasteiger partial charge is 0.351 e. The van der Waals surface area contributed by atoms with Crippen LogP contribution < -0.4 is 0 Å². The average Bonchev–Trinajstić information content (AvgIpc) is 2.98. The van der Waals surface area contributed by atoms with Crippen molar-refractivity contribution in [3.63, 3.8) is 0 Å². The second-order valence-corrected chi connectivity index (χ2v) is 4.36. The highest BCUT2D eigenvalue weighted by Crippen LogP contribution is 2.30. The van der Waals surface area contributed by atoms with Gasteiger partial charge < -0.3 is 4.98 Å². The van der Waals surface area contributed by atoms with E-state index in [2.05, 4.69) is 39.4 Å². The monoisotopic (exact) mass is 233 g/mol. The van der Waals surface area contributed by atoms with E-state index in [1.807, 2.05) is 30.3 Å². The first kappa shape index (κ1) is 9.48. The van der Waals surface area contributed by atoms with E-state index < -0.39 is 0 Å². The smallest absolute Gasteiger partial charge is 0.116 e. The second-order valence-electron chi connectivity index (χ2n) is 4.36. The third kappa shape index (κ3) is 1.21. The summed E-state index contributed by atoms with van der Waals surface area (Å²) in [6, 6.07) is 18.5. The van der Waals surface area contributed by atoms with Crippen molar-refractivity contribution in [3.05, 3.63) is 54.6 Å². The van der Waals surface area contributed by atoms with Crippen LogP contribution in [0.4, 0.5) is 0 Å². The Balaban J connectivity index is 2.08. The fourth-order valence-electron chi connectivity index (χ4n) is 2.41. The van der Waals surface area contributed by atoms with Gasteiger partial charge in [0.2, 0.25) is 0 Å². The molecule has 2 aromatic heterocycles. The van der Waals surface area contributed by atoms with Gasteiger partial charge in [-0.25, -0.2) is 0 Å². The molecule has 4 rings (SSSR count). The van der Waals surface area contributed by atoms with Crippen LogP contribution in [0.1, 0.15) is 0 Å². The fraction of sp³-hybridized carbons (Fsp3) is 0. The van der Waals surface area contributed by atoms with Crippen molar-refractivity contribution in [1.29, 1.82) is 0 Å². The summed E-state index contributed by atoms with van der Waals surface area (Å²) >= 11 is 0. The highest BCUT2D eigenvalue weighted by atomic mass is 15.1. The van der Waals surface area contributed by atoms with Crippen LogP contribution in [0.2, 0.25) is 0 Å². The minimum Gasteiger partial charge on any atom is -0.351 e. The summed E-state index contributed by atoms with van der Waals surface area (Å²) in [6.45, 7) is 0. The Morgan fingerprint density at radius 2 is 1.56 bits per heavy atom. The molecule has 18 heavy (non-hydrogen) atoms. The molecule has 0 atom stereocenters. The first-order valence-electron chi connectivity index (χ1n) is 5.94. The zero-order valence-electron chi connectivity index (χ0n) is 9.64. The lowest BCUT2D eigenvalue weighted by Crippen LogP contribution is -1.79. The van der Waals surface area contributed by atoms with Gasteiger partial charge in [0.15, 0.2) is 0 Å². The molecule has 0 fully saturated rings. The van der Waals surface area contributed by atoms with E-state index in [0.717, 1.165) is 27.8 Å². The van der Waals surface area contributed by atoms with Crippen molar-refractivity contribution in [2.45, 2.75) is 0 Å². The fourth-order valence-corrected chi connectivity index (χ4v) is 2.41. The van der Waals surface area contributed by atoms with Gasteiger partial charge in [-0.05, 0) is 6.07 Å². The van der Waals surface area contributed by atoms with E-state index in [1.54, 1.807) is 0 Å². The standard InChI is InChI=1S/C15H11N3/c1-2-6-10(7-3-1)13-15-14(18-17-13)11-8-4-5-9-12(11)16-15/h1-9,16H,(H,17,18). The van der Waals surface area contributed by atoms with Gasteiger partial charge in [0.1, 0.15) is 5.69 Å². The van der Waals surface area contributed by atoms with E-state index in [9.17, 15) is 0 Å². The summed E-state index contributed by atoms with van der Waals surface area (Å²) in [6.07, 6.45) is 0. The van der Waals surface area contributed by atoms with Gasteiger partial charge in [0, 0.05) is 16.5 Å². The quantitative estimate of drug-likeness (QED) is 0.517. The molecule has 0 amide bonds. The summed E-state index contributed by atoms with van der Waals surface area (Å²) in [5.41, 5.74) is 5.38. The van der Waals surface area contributed by atoms with Crippen molar-refractivity contribution in [2.24, 2.45) is 0 Å². The van der Waals surface area contributed by atoms with Crippen molar-refractivity contribution in [1.82, 2.24) is 15.2 Å². The first-order chi connectivity index (χ1) is 8.93. The maximum absolute atomic E-state index is 4.42. The summed E-state index contributed by atoms with van der Waals surface area (Å²) < 4.78 is 0. The number of hydrogen-bond donors (Lipinski definition) is 2. The normalized spacial score (nSPS) is 11.3. The molecule has 0 bridgehead atoms. The van der Waals surface area contributed by atoms with E-state index in [4.69, 9.17) is 0 Å². The van der Waals surface area contributed by atoms with Crippen LogP contribution in [-0.2, 0) is 0 Å². The van der Waals surface area contributed by atoms with Gasteiger partial charge in [-0.1, -0.05) is 48.5 Å². The van der Waals surface area contributed by atoms with E-state index in [-0.39, 0.29) is 0 Å². The molecule has 0 saturated heterocycles. The van der Waals surface area contributed by atoms with Gasteiger partial charge in [-0.3, -0.25) is 5.10 Å². The average molecular weight is 233 g/mol. The lowest BCUT2D eigenvalue weighted by molar-refractivity contribution is 1.12. The number of aromatic nitrogens is 3. The zero-order valence-corrected chi connectivity index (χ0v) is 9.64. The first-order valence-corrected chi connectivity index (χ1v) is 5.94. The van der Waals surface area contributed by atoms with E-state index in [1.165, 1.54) is 5.39 Å². The summed E-state index contributed by atoms with van der Waals surface area (Å²) in [5.74, 6) is 0. The van der Waals surface area contributed by atoms with Crippen LogP contribution in [-0.4, -0.2) is 15.2 Å². The molecule has 4 aromatic rings. The number of para-hydroxylation sites is 1. The summed E-state index contributed by atoms with van der Waals surface area (Å²) in [5, 5.41) is 8.73. The van der Waals surface area contributed by atoms with Crippen LogP contribution in [0.3, 0.4) is 0 Å². The van der Waals surface area contributed by atoms with Crippen molar-refractivity contribution >= 4 is 21.9 Å². The topological polar surface area (TPSA) is 44.5 Å². The van der Waals surface area contributed by atoms with Gasteiger partial charge in [0.05, 0.1) is 11.0 Å². The molecule has 2 heterocycles. The van der Waals surface area contributed by atoms with Crippen LogP contribution in [0.25, 0.3) is 33.2 Å². The molecule has 86 valence electrons. The van der Waals surface area contributed by atoms with E-state index >= 15 is 0 Å². The molecule has 0 spiro atoms. The molecule has 0 aliphatic rings. The van der Waals surface area contributed by atoms with Crippen LogP contribution in [0, 0.1) is 0 Å². The minimum atomic E-state index is 0.974. The Labute approximate surface area is 103 Å². The third-order valence-corrected chi connectivity index (χ3v) is 3.27. The Kier molecular flexibility index (Phi) is 1.83. The predicted molar refractivity (Wildman–Crippen MR) is 73.4 cm³/mol. The predicted octanol–water partition coefficient (Wildman–Crippen LogP) is 3.71.